The second-order valence-electron chi connectivity index (χ2n) is 7.10. The number of carbonyl (C=O) groups is 1. The van der Waals surface area contributed by atoms with Crippen molar-refractivity contribution in [1.29, 1.82) is 0 Å². The Balaban J connectivity index is 1.77. The van der Waals surface area contributed by atoms with E-state index in [1.165, 1.54) is 0 Å². The van der Waals surface area contributed by atoms with Crippen molar-refractivity contribution in [2.75, 3.05) is 13.2 Å². The summed E-state index contributed by atoms with van der Waals surface area (Å²) in [7, 11) is 0. The van der Waals surface area contributed by atoms with Crippen molar-refractivity contribution < 1.29 is 19.4 Å². The molecule has 1 N–H and O–H groups in total. The van der Waals surface area contributed by atoms with Gasteiger partial charge in [0.2, 0.25) is 0 Å². The van der Waals surface area contributed by atoms with Gasteiger partial charge in [-0.05, 0) is 70.1 Å². The number of rotatable bonds is 4. The molecule has 0 bridgehead atoms. The normalized spacial score (nSPS) is 17.4. The molecule has 4 nitrogen and oxygen atoms in total. The first-order valence-electron chi connectivity index (χ1n) is 9.15. The van der Waals surface area contributed by atoms with Gasteiger partial charge in [0, 0.05) is 19.2 Å². The minimum Gasteiger partial charge on any atom is -0.477 e. The molecule has 1 fully saturated rings. The molecule has 4 rings (SSSR count). The van der Waals surface area contributed by atoms with Gasteiger partial charge in [-0.15, -0.1) is 0 Å². The Morgan fingerprint density at radius 3 is 1.57 bits per heavy atom. The summed E-state index contributed by atoms with van der Waals surface area (Å²) < 4.78 is 13.1. The molecule has 7 heteroatoms. The molecule has 3 aromatic rings. The van der Waals surface area contributed by atoms with Gasteiger partial charge in [0.25, 0.3) is 5.79 Å². The van der Waals surface area contributed by atoms with Crippen molar-refractivity contribution in [3.8, 4) is 0 Å². The molecule has 154 valence electrons. The van der Waals surface area contributed by atoms with Crippen molar-refractivity contribution in [1.82, 2.24) is 0 Å². The second kappa shape index (κ2) is 8.48. The lowest BCUT2D eigenvalue weighted by Gasteiger charge is -2.45. The summed E-state index contributed by atoms with van der Waals surface area (Å²) in [5.41, 5.74) is 1.56. The van der Waals surface area contributed by atoms with E-state index < -0.39 is 17.2 Å². The molecule has 1 aliphatic rings. The van der Waals surface area contributed by atoms with Crippen LogP contribution in [0.2, 0.25) is 10.0 Å². The lowest BCUT2D eigenvalue weighted by atomic mass is 9.75. The first-order chi connectivity index (χ1) is 14.4. The number of hydrogen-bond donors (Lipinski definition) is 1. The summed E-state index contributed by atoms with van der Waals surface area (Å²) in [5.74, 6) is -3.06. The zero-order valence-electron chi connectivity index (χ0n) is 15.6. The van der Waals surface area contributed by atoms with E-state index in [4.69, 9.17) is 32.7 Å². The number of carboxylic acid groups (broad SMARTS) is 1. The first-order valence-corrected chi connectivity index (χ1v) is 11.0. The van der Waals surface area contributed by atoms with Gasteiger partial charge >= 0.3 is 5.97 Å². The van der Waals surface area contributed by atoms with Crippen molar-refractivity contribution in [2.45, 2.75) is 11.2 Å². The maximum Gasteiger partial charge on any atom is 0.369 e. The minimum absolute atomic E-state index is 0.106. The molecular weight excluding hydrogens is 538 g/mol. The van der Waals surface area contributed by atoms with Crippen molar-refractivity contribution in [3.05, 3.63) is 103 Å². The van der Waals surface area contributed by atoms with Crippen LogP contribution in [0.3, 0.4) is 0 Å². The van der Waals surface area contributed by atoms with Crippen LogP contribution in [0.4, 0.5) is 0 Å². The maximum absolute atomic E-state index is 12.2. The smallest absolute Gasteiger partial charge is 0.369 e. The summed E-state index contributed by atoms with van der Waals surface area (Å²) in [4.78, 5) is 12.2. The third-order valence-corrected chi connectivity index (χ3v) is 6.57. The van der Waals surface area contributed by atoms with Gasteiger partial charge in [0.1, 0.15) is 0 Å². The van der Waals surface area contributed by atoms with E-state index >= 15 is 0 Å². The predicted octanol–water partition coefficient (Wildman–Crippen LogP) is 5.87. The van der Waals surface area contributed by atoms with Crippen LogP contribution in [-0.2, 0) is 25.5 Å². The molecule has 0 atom stereocenters. The van der Waals surface area contributed by atoms with Crippen molar-refractivity contribution >= 4 is 51.8 Å². The van der Waals surface area contributed by atoms with Gasteiger partial charge in [-0.2, -0.15) is 0 Å². The maximum atomic E-state index is 12.2. The van der Waals surface area contributed by atoms with Crippen molar-refractivity contribution in [3.63, 3.8) is 0 Å². The molecular formula is C23H17Cl2IO4. The standard InChI is InChI=1S/C23H17Cl2IO4/c24-18-7-1-15(2-8-18)22(16-3-9-19(25)10-4-16)13-29-23(21(27)28,30-14-22)17-5-11-20(26)12-6-17/h1-12H,13-14H2,(H,27,28). The van der Waals surface area contributed by atoms with Gasteiger partial charge < -0.3 is 14.6 Å². The molecule has 0 aromatic heterocycles. The highest BCUT2D eigenvalue weighted by Crippen LogP contribution is 2.43. The van der Waals surface area contributed by atoms with Crippen molar-refractivity contribution in [2.24, 2.45) is 0 Å². The molecule has 0 spiro atoms. The average Bonchev–Trinajstić information content (AvgIpc) is 2.75. The average molecular weight is 555 g/mol. The molecule has 0 amide bonds. The lowest BCUT2D eigenvalue weighted by molar-refractivity contribution is -0.287. The fourth-order valence-electron chi connectivity index (χ4n) is 3.65. The Kier molecular flexibility index (Phi) is 6.10. The monoisotopic (exact) mass is 554 g/mol. The Bertz CT molecular complexity index is 995. The summed E-state index contributed by atoms with van der Waals surface area (Å²) in [6.45, 7) is 0.211. The summed E-state index contributed by atoms with van der Waals surface area (Å²) in [5, 5.41) is 11.2. The van der Waals surface area contributed by atoms with Crippen LogP contribution in [-0.4, -0.2) is 24.3 Å². The van der Waals surface area contributed by atoms with Gasteiger partial charge in [0.05, 0.1) is 18.6 Å². The van der Waals surface area contributed by atoms with Crippen LogP contribution in [0, 0.1) is 3.57 Å². The summed E-state index contributed by atoms with van der Waals surface area (Å²) >= 11 is 14.3. The quantitative estimate of drug-likeness (QED) is 0.410. The van der Waals surface area contributed by atoms with E-state index in [9.17, 15) is 9.90 Å². The van der Waals surface area contributed by atoms with Crippen LogP contribution in [0.15, 0.2) is 72.8 Å². The number of ether oxygens (including phenoxy) is 2. The molecule has 1 saturated heterocycles. The number of carboxylic acids is 1. The van der Waals surface area contributed by atoms with Gasteiger partial charge in [-0.25, -0.2) is 4.79 Å². The van der Waals surface area contributed by atoms with E-state index in [-0.39, 0.29) is 13.2 Å². The van der Waals surface area contributed by atoms with Gasteiger partial charge in [-0.3, -0.25) is 0 Å². The molecule has 0 saturated carbocycles. The minimum atomic E-state index is -1.87. The molecule has 0 radical (unpaired) electrons. The molecule has 3 aromatic carbocycles. The highest BCUT2D eigenvalue weighted by molar-refractivity contribution is 14.1. The highest BCUT2D eigenvalue weighted by Gasteiger charge is 2.52. The van der Waals surface area contributed by atoms with E-state index in [2.05, 4.69) is 22.6 Å². The molecule has 30 heavy (non-hydrogen) atoms. The summed E-state index contributed by atoms with van der Waals surface area (Å²) in [6.07, 6.45) is 0. The fraction of sp³-hybridized carbons (Fsp3) is 0.174. The van der Waals surface area contributed by atoms with E-state index in [0.29, 0.717) is 15.6 Å². The molecule has 1 aliphatic heterocycles. The third kappa shape index (κ3) is 3.85. The Hall–Kier alpha value is -1.64. The molecule has 0 aliphatic carbocycles. The van der Waals surface area contributed by atoms with Crippen LogP contribution in [0.25, 0.3) is 0 Å². The van der Waals surface area contributed by atoms with E-state index in [1.54, 1.807) is 36.4 Å². The third-order valence-electron chi connectivity index (χ3n) is 5.34. The zero-order valence-corrected chi connectivity index (χ0v) is 19.3. The van der Waals surface area contributed by atoms with E-state index in [1.807, 2.05) is 36.4 Å². The summed E-state index contributed by atoms with van der Waals surface area (Å²) in [6, 6.07) is 21.9. The van der Waals surface area contributed by atoms with E-state index in [0.717, 1.165) is 14.7 Å². The Morgan fingerprint density at radius 2 is 1.17 bits per heavy atom. The zero-order chi connectivity index (χ0) is 21.4. The SMILES string of the molecule is O=C(O)C1(c2ccc(I)cc2)OCC(c2ccc(Cl)cc2)(c2ccc(Cl)cc2)CO1. The lowest BCUT2D eigenvalue weighted by Crippen LogP contribution is -2.54. The molecule has 1 heterocycles. The van der Waals surface area contributed by atoms with Gasteiger partial charge in [0.15, 0.2) is 0 Å². The highest BCUT2D eigenvalue weighted by atomic mass is 127. The number of halogens is 3. The predicted molar refractivity (Wildman–Crippen MR) is 124 cm³/mol. The topological polar surface area (TPSA) is 55.8 Å². The number of hydrogen-bond acceptors (Lipinski definition) is 3. The second-order valence-corrected chi connectivity index (χ2v) is 9.22. The molecule has 0 unspecified atom stereocenters. The van der Waals surface area contributed by atoms with Crippen LogP contribution in [0.5, 0.6) is 0 Å². The number of aliphatic carboxylic acids is 1. The largest absolute Gasteiger partial charge is 0.477 e. The Morgan fingerprint density at radius 1 is 0.767 bits per heavy atom. The van der Waals surface area contributed by atoms with Crippen LogP contribution < -0.4 is 0 Å². The Labute approximate surface area is 197 Å². The fourth-order valence-corrected chi connectivity index (χ4v) is 4.27. The van der Waals surface area contributed by atoms with Crippen LogP contribution in [0.1, 0.15) is 16.7 Å². The van der Waals surface area contributed by atoms with Crippen LogP contribution >= 0.6 is 45.8 Å². The number of benzene rings is 3. The van der Waals surface area contributed by atoms with Gasteiger partial charge in [-0.1, -0.05) is 59.6 Å². The first kappa shape index (κ1) is 21.6.